The van der Waals surface area contributed by atoms with Crippen LogP contribution in [-0.2, 0) is 6.54 Å². The highest BCUT2D eigenvalue weighted by Gasteiger charge is 2.20. The number of likely N-dealkylation sites (tertiary alicyclic amines) is 1. The first-order chi connectivity index (χ1) is 13.8. The van der Waals surface area contributed by atoms with Gasteiger partial charge in [-0.05, 0) is 37.5 Å². The van der Waals surface area contributed by atoms with E-state index in [-0.39, 0.29) is 0 Å². The number of hydrogen-bond acceptors (Lipinski definition) is 5. The minimum absolute atomic E-state index is 0.376. The summed E-state index contributed by atoms with van der Waals surface area (Å²) in [4.78, 5) is 11.4. The maximum atomic E-state index is 5.78. The lowest BCUT2D eigenvalue weighted by Gasteiger charge is -2.32. The van der Waals surface area contributed by atoms with Crippen molar-refractivity contribution in [3.05, 3.63) is 78.0 Å². The topological polar surface area (TPSA) is 50.3 Å². The van der Waals surface area contributed by atoms with Crippen molar-refractivity contribution < 1.29 is 4.74 Å². The maximum absolute atomic E-state index is 5.78. The van der Waals surface area contributed by atoms with Gasteiger partial charge in [0.15, 0.2) is 0 Å². The lowest BCUT2D eigenvalue weighted by molar-refractivity contribution is 0.211. The third-order valence-corrected chi connectivity index (χ3v) is 5.08. The molecule has 5 nitrogen and oxygen atoms in total. The largest absolute Gasteiger partial charge is 0.424 e. The fraction of sp³-hybridized carbons (Fsp3) is 0.304. The van der Waals surface area contributed by atoms with E-state index in [1.165, 1.54) is 5.56 Å². The maximum Gasteiger partial charge on any atom is 0.323 e. The standard InChI is InChI=1S/C23H26N4O/c1-18-16-24-23(28-21-10-6-3-7-11-21)26-22(18)25-20-12-14-27(15-13-20)17-19-8-4-2-5-9-19/h2-11,16,20H,12-15,17H2,1H3,(H,24,25,26). The van der Waals surface area contributed by atoms with Gasteiger partial charge in [0.1, 0.15) is 11.6 Å². The first kappa shape index (κ1) is 18.4. The Morgan fingerprint density at radius 1 is 1.00 bits per heavy atom. The van der Waals surface area contributed by atoms with Gasteiger partial charge in [0, 0.05) is 37.4 Å². The van der Waals surface area contributed by atoms with E-state index >= 15 is 0 Å². The Kier molecular flexibility index (Phi) is 5.83. The molecule has 144 valence electrons. The number of para-hydroxylation sites is 1. The van der Waals surface area contributed by atoms with Gasteiger partial charge in [-0.25, -0.2) is 4.98 Å². The van der Waals surface area contributed by atoms with Crippen molar-refractivity contribution in [3.8, 4) is 11.8 Å². The van der Waals surface area contributed by atoms with Gasteiger partial charge in [0.05, 0.1) is 0 Å². The smallest absolute Gasteiger partial charge is 0.323 e. The number of nitrogens with zero attached hydrogens (tertiary/aromatic N) is 3. The molecule has 0 unspecified atom stereocenters. The van der Waals surface area contributed by atoms with Crippen LogP contribution in [0.2, 0.25) is 0 Å². The predicted octanol–water partition coefficient (Wildman–Crippen LogP) is 4.65. The third kappa shape index (κ3) is 4.87. The molecule has 0 atom stereocenters. The van der Waals surface area contributed by atoms with E-state index in [1.54, 1.807) is 0 Å². The number of aryl methyl sites for hydroxylation is 1. The van der Waals surface area contributed by atoms with Gasteiger partial charge in [0.2, 0.25) is 0 Å². The van der Waals surface area contributed by atoms with Crippen LogP contribution in [0.1, 0.15) is 24.0 Å². The van der Waals surface area contributed by atoms with Gasteiger partial charge in [-0.2, -0.15) is 4.98 Å². The van der Waals surface area contributed by atoms with Crippen LogP contribution >= 0.6 is 0 Å². The Morgan fingerprint density at radius 3 is 2.39 bits per heavy atom. The summed E-state index contributed by atoms with van der Waals surface area (Å²) in [6.07, 6.45) is 4.02. The molecule has 0 bridgehead atoms. The number of anilines is 1. The fourth-order valence-electron chi connectivity index (χ4n) is 3.49. The molecule has 1 aromatic heterocycles. The Labute approximate surface area is 166 Å². The van der Waals surface area contributed by atoms with Crippen molar-refractivity contribution in [2.24, 2.45) is 0 Å². The highest BCUT2D eigenvalue weighted by molar-refractivity contribution is 5.44. The van der Waals surface area contributed by atoms with Crippen molar-refractivity contribution in [2.75, 3.05) is 18.4 Å². The van der Waals surface area contributed by atoms with Crippen molar-refractivity contribution >= 4 is 5.82 Å². The molecule has 0 radical (unpaired) electrons. The quantitative estimate of drug-likeness (QED) is 0.680. The molecule has 0 amide bonds. The van der Waals surface area contributed by atoms with Crippen LogP contribution in [0.25, 0.3) is 0 Å². The van der Waals surface area contributed by atoms with E-state index in [0.29, 0.717) is 12.1 Å². The van der Waals surface area contributed by atoms with Crippen LogP contribution in [0.15, 0.2) is 66.9 Å². The first-order valence-electron chi connectivity index (χ1n) is 9.85. The number of rotatable bonds is 6. The van der Waals surface area contributed by atoms with E-state index in [4.69, 9.17) is 4.74 Å². The van der Waals surface area contributed by atoms with E-state index < -0.39 is 0 Å². The molecule has 4 rings (SSSR count). The number of aromatic nitrogens is 2. The van der Waals surface area contributed by atoms with Gasteiger partial charge in [-0.1, -0.05) is 48.5 Å². The number of nitrogens with one attached hydrogen (secondary N) is 1. The molecule has 0 spiro atoms. The Morgan fingerprint density at radius 2 is 1.68 bits per heavy atom. The second kappa shape index (κ2) is 8.85. The Bertz CT molecular complexity index is 878. The molecule has 1 N–H and O–H groups in total. The van der Waals surface area contributed by atoms with Crippen molar-refractivity contribution in [1.82, 2.24) is 14.9 Å². The summed E-state index contributed by atoms with van der Waals surface area (Å²) in [5, 5.41) is 3.60. The molecule has 1 fully saturated rings. The minimum Gasteiger partial charge on any atom is -0.424 e. The SMILES string of the molecule is Cc1cnc(Oc2ccccc2)nc1NC1CCN(Cc2ccccc2)CC1. The normalized spacial score (nSPS) is 15.3. The summed E-state index contributed by atoms with van der Waals surface area (Å²) in [5.41, 5.74) is 2.41. The third-order valence-electron chi connectivity index (χ3n) is 5.08. The number of ether oxygens (including phenoxy) is 1. The zero-order valence-corrected chi connectivity index (χ0v) is 16.2. The lowest BCUT2D eigenvalue weighted by atomic mass is 10.0. The molecule has 2 heterocycles. The summed E-state index contributed by atoms with van der Waals surface area (Å²) < 4.78 is 5.78. The fourth-order valence-corrected chi connectivity index (χ4v) is 3.49. The molecule has 1 aliphatic rings. The second-order valence-electron chi connectivity index (χ2n) is 7.28. The molecule has 3 aromatic rings. The summed E-state index contributed by atoms with van der Waals surface area (Å²) >= 11 is 0. The van der Waals surface area contributed by atoms with Gasteiger partial charge in [-0.3, -0.25) is 4.90 Å². The average Bonchev–Trinajstić information content (AvgIpc) is 2.73. The van der Waals surface area contributed by atoms with Crippen LogP contribution in [0.3, 0.4) is 0 Å². The minimum atomic E-state index is 0.376. The molecule has 2 aromatic carbocycles. The lowest BCUT2D eigenvalue weighted by Crippen LogP contribution is -2.38. The molecule has 5 heteroatoms. The molecule has 0 saturated carbocycles. The van der Waals surface area contributed by atoms with E-state index in [1.807, 2.05) is 43.5 Å². The van der Waals surface area contributed by atoms with Crippen LogP contribution in [0.4, 0.5) is 5.82 Å². The van der Waals surface area contributed by atoms with Crippen molar-refractivity contribution in [3.63, 3.8) is 0 Å². The summed E-state index contributed by atoms with van der Waals surface area (Å²) in [5.74, 6) is 1.61. The molecule has 28 heavy (non-hydrogen) atoms. The summed E-state index contributed by atoms with van der Waals surface area (Å²) in [6, 6.07) is 21.1. The average molecular weight is 374 g/mol. The van der Waals surface area contributed by atoms with Crippen LogP contribution < -0.4 is 10.1 Å². The van der Waals surface area contributed by atoms with Crippen LogP contribution in [0, 0.1) is 6.92 Å². The van der Waals surface area contributed by atoms with E-state index in [9.17, 15) is 0 Å². The predicted molar refractivity (Wildman–Crippen MR) is 112 cm³/mol. The van der Waals surface area contributed by atoms with Gasteiger partial charge >= 0.3 is 6.01 Å². The first-order valence-corrected chi connectivity index (χ1v) is 9.85. The van der Waals surface area contributed by atoms with Gasteiger partial charge in [0.25, 0.3) is 0 Å². The van der Waals surface area contributed by atoms with Gasteiger partial charge < -0.3 is 10.1 Å². The molecule has 1 aliphatic heterocycles. The zero-order chi connectivity index (χ0) is 19.2. The number of hydrogen-bond donors (Lipinski definition) is 1. The highest BCUT2D eigenvalue weighted by Crippen LogP contribution is 2.23. The number of piperidine rings is 1. The summed E-state index contributed by atoms with van der Waals surface area (Å²) in [7, 11) is 0. The van der Waals surface area contributed by atoms with Crippen molar-refractivity contribution in [1.29, 1.82) is 0 Å². The molecular weight excluding hydrogens is 348 g/mol. The van der Waals surface area contributed by atoms with Gasteiger partial charge in [-0.15, -0.1) is 0 Å². The van der Waals surface area contributed by atoms with E-state index in [2.05, 4.69) is 50.5 Å². The van der Waals surface area contributed by atoms with Crippen LogP contribution in [0.5, 0.6) is 11.8 Å². The molecular formula is C23H26N4O. The summed E-state index contributed by atoms with van der Waals surface area (Å²) in [6.45, 7) is 5.22. The Hall–Kier alpha value is -2.92. The van der Waals surface area contributed by atoms with Crippen molar-refractivity contribution in [2.45, 2.75) is 32.4 Å². The monoisotopic (exact) mass is 374 g/mol. The zero-order valence-electron chi connectivity index (χ0n) is 16.2. The van der Waals surface area contributed by atoms with Crippen LogP contribution in [-0.4, -0.2) is 34.0 Å². The number of benzene rings is 2. The molecule has 1 saturated heterocycles. The Balaban J connectivity index is 1.34. The second-order valence-corrected chi connectivity index (χ2v) is 7.28. The molecule has 0 aliphatic carbocycles. The van der Waals surface area contributed by atoms with E-state index in [0.717, 1.165) is 49.6 Å². The highest BCUT2D eigenvalue weighted by atomic mass is 16.5.